The summed E-state index contributed by atoms with van der Waals surface area (Å²) < 4.78 is 5.23. The SMILES string of the molecule is CCCCCCC(=O)CC(=O)N(C)c1ccccc1OC. The quantitative estimate of drug-likeness (QED) is 0.516. The average Bonchev–Trinajstić information content (AvgIpc) is 2.50. The molecule has 4 heteroatoms. The van der Waals surface area contributed by atoms with Gasteiger partial charge in [-0.05, 0) is 18.6 Å². The van der Waals surface area contributed by atoms with Gasteiger partial charge in [-0.25, -0.2) is 0 Å². The highest BCUT2D eigenvalue weighted by molar-refractivity contribution is 6.05. The fourth-order valence-electron chi connectivity index (χ4n) is 2.17. The molecule has 0 fully saturated rings. The fourth-order valence-corrected chi connectivity index (χ4v) is 2.17. The molecule has 0 saturated carbocycles. The predicted molar refractivity (Wildman–Crippen MR) is 84.8 cm³/mol. The first-order valence-electron chi connectivity index (χ1n) is 7.51. The molecule has 0 aromatic heterocycles. The molecule has 0 unspecified atom stereocenters. The Morgan fingerprint density at radius 3 is 2.52 bits per heavy atom. The number of Topliss-reactive ketones (excluding diaryl/α,β-unsaturated/α-hetero) is 1. The van der Waals surface area contributed by atoms with E-state index in [0.717, 1.165) is 25.7 Å². The first kappa shape index (κ1) is 17.2. The number of hydrogen-bond acceptors (Lipinski definition) is 3. The largest absolute Gasteiger partial charge is 0.495 e. The van der Waals surface area contributed by atoms with E-state index in [4.69, 9.17) is 4.74 Å². The van der Waals surface area contributed by atoms with E-state index >= 15 is 0 Å². The number of carbonyl (C=O) groups is 2. The van der Waals surface area contributed by atoms with Crippen LogP contribution in [-0.4, -0.2) is 25.8 Å². The van der Waals surface area contributed by atoms with E-state index in [2.05, 4.69) is 6.92 Å². The van der Waals surface area contributed by atoms with Gasteiger partial charge in [-0.3, -0.25) is 9.59 Å². The second-order valence-electron chi connectivity index (χ2n) is 5.15. The second kappa shape index (κ2) is 9.16. The maximum Gasteiger partial charge on any atom is 0.234 e. The normalized spacial score (nSPS) is 10.2. The van der Waals surface area contributed by atoms with Crippen LogP contribution in [0.4, 0.5) is 5.69 Å². The minimum absolute atomic E-state index is 0.0119. The zero-order valence-electron chi connectivity index (χ0n) is 13.2. The first-order chi connectivity index (χ1) is 10.1. The van der Waals surface area contributed by atoms with Gasteiger partial charge in [0.2, 0.25) is 5.91 Å². The van der Waals surface area contributed by atoms with E-state index in [-0.39, 0.29) is 18.1 Å². The Hall–Kier alpha value is -1.84. The second-order valence-corrected chi connectivity index (χ2v) is 5.15. The van der Waals surface area contributed by atoms with Crippen molar-refractivity contribution >= 4 is 17.4 Å². The standard InChI is InChI=1S/C17H25NO3/c1-4-5-6-7-10-14(19)13-17(20)18(2)15-11-8-9-12-16(15)21-3/h8-9,11-12H,4-7,10,13H2,1-3H3. The number of para-hydroxylation sites is 2. The van der Waals surface area contributed by atoms with Crippen LogP contribution in [0.5, 0.6) is 5.75 Å². The van der Waals surface area contributed by atoms with Crippen LogP contribution in [0.25, 0.3) is 0 Å². The Labute approximate surface area is 127 Å². The van der Waals surface area contributed by atoms with Crippen LogP contribution in [0, 0.1) is 0 Å². The summed E-state index contributed by atoms with van der Waals surface area (Å²) in [5, 5.41) is 0. The summed E-state index contributed by atoms with van der Waals surface area (Å²) in [5.41, 5.74) is 0.684. The number of hydrogen-bond donors (Lipinski definition) is 0. The third-order valence-electron chi connectivity index (χ3n) is 3.48. The Morgan fingerprint density at radius 1 is 1.14 bits per heavy atom. The van der Waals surface area contributed by atoms with Crippen LogP contribution in [0.15, 0.2) is 24.3 Å². The van der Waals surface area contributed by atoms with E-state index in [1.54, 1.807) is 20.2 Å². The van der Waals surface area contributed by atoms with Crippen molar-refractivity contribution in [1.29, 1.82) is 0 Å². The smallest absolute Gasteiger partial charge is 0.234 e. The minimum atomic E-state index is -0.194. The fraction of sp³-hybridized carbons (Fsp3) is 0.529. The van der Waals surface area contributed by atoms with Crippen LogP contribution in [0.2, 0.25) is 0 Å². The monoisotopic (exact) mass is 291 g/mol. The number of rotatable bonds is 9. The molecule has 0 aliphatic rings. The lowest BCUT2D eigenvalue weighted by Crippen LogP contribution is -2.28. The summed E-state index contributed by atoms with van der Waals surface area (Å²) in [6.45, 7) is 2.13. The van der Waals surface area contributed by atoms with Crippen LogP contribution >= 0.6 is 0 Å². The van der Waals surface area contributed by atoms with Gasteiger partial charge in [0, 0.05) is 13.5 Å². The molecule has 0 aliphatic carbocycles. The van der Waals surface area contributed by atoms with Crippen molar-refractivity contribution in [1.82, 2.24) is 0 Å². The molecule has 0 aliphatic heterocycles. The molecular weight excluding hydrogens is 266 g/mol. The van der Waals surface area contributed by atoms with Crippen molar-refractivity contribution in [2.24, 2.45) is 0 Å². The highest BCUT2D eigenvalue weighted by Crippen LogP contribution is 2.27. The van der Waals surface area contributed by atoms with Gasteiger partial charge >= 0.3 is 0 Å². The topological polar surface area (TPSA) is 46.6 Å². The van der Waals surface area contributed by atoms with Gasteiger partial charge in [0.05, 0.1) is 19.2 Å². The molecule has 0 bridgehead atoms. The molecule has 1 aromatic carbocycles. The Kier molecular flexibility index (Phi) is 7.51. The van der Waals surface area contributed by atoms with Crippen molar-refractivity contribution in [2.45, 2.75) is 45.4 Å². The van der Waals surface area contributed by atoms with Crippen LogP contribution in [-0.2, 0) is 9.59 Å². The van der Waals surface area contributed by atoms with Crippen molar-refractivity contribution in [2.75, 3.05) is 19.1 Å². The molecule has 0 N–H and O–H groups in total. The molecule has 4 nitrogen and oxygen atoms in total. The van der Waals surface area contributed by atoms with Gasteiger partial charge in [0.15, 0.2) is 0 Å². The zero-order chi connectivity index (χ0) is 15.7. The summed E-state index contributed by atoms with van der Waals surface area (Å²) in [4.78, 5) is 25.5. The molecule has 1 aromatic rings. The number of methoxy groups -OCH3 is 1. The Bertz CT molecular complexity index is 471. The van der Waals surface area contributed by atoms with E-state index in [0.29, 0.717) is 17.9 Å². The van der Waals surface area contributed by atoms with Gasteiger partial charge in [0.25, 0.3) is 0 Å². The van der Waals surface area contributed by atoms with E-state index < -0.39 is 0 Å². The summed E-state index contributed by atoms with van der Waals surface area (Å²) >= 11 is 0. The lowest BCUT2D eigenvalue weighted by Gasteiger charge is -2.19. The van der Waals surface area contributed by atoms with E-state index in [1.165, 1.54) is 4.90 Å². The van der Waals surface area contributed by atoms with Crippen molar-refractivity contribution in [3.05, 3.63) is 24.3 Å². The van der Waals surface area contributed by atoms with Crippen molar-refractivity contribution < 1.29 is 14.3 Å². The predicted octanol–water partition coefficient (Wildman–Crippen LogP) is 3.59. The first-order valence-corrected chi connectivity index (χ1v) is 7.51. The number of ketones is 1. The molecule has 1 rings (SSSR count). The van der Waals surface area contributed by atoms with Gasteiger partial charge < -0.3 is 9.64 Å². The number of benzene rings is 1. The number of unbranched alkanes of at least 4 members (excludes halogenated alkanes) is 3. The van der Waals surface area contributed by atoms with E-state index in [9.17, 15) is 9.59 Å². The minimum Gasteiger partial charge on any atom is -0.495 e. The highest BCUT2D eigenvalue weighted by Gasteiger charge is 2.17. The summed E-state index contributed by atoms with van der Waals surface area (Å²) in [6.07, 6.45) is 4.66. The molecule has 0 heterocycles. The summed E-state index contributed by atoms with van der Waals surface area (Å²) in [6, 6.07) is 7.29. The van der Waals surface area contributed by atoms with Gasteiger partial charge in [-0.15, -0.1) is 0 Å². The zero-order valence-corrected chi connectivity index (χ0v) is 13.2. The highest BCUT2D eigenvalue weighted by atomic mass is 16.5. The third kappa shape index (κ3) is 5.58. The number of amides is 1. The van der Waals surface area contributed by atoms with Crippen molar-refractivity contribution in [3.63, 3.8) is 0 Å². The van der Waals surface area contributed by atoms with Crippen molar-refractivity contribution in [3.8, 4) is 5.75 Å². The molecular formula is C17H25NO3. The Morgan fingerprint density at radius 2 is 1.86 bits per heavy atom. The molecule has 21 heavy (non-hydrogen) atoms. The van der Waals surface area contributed by atoms with Crippen LogP contribution in [0.3, 0.4) is 0 Å². The Balaban J connectivity index is 2.52. The summed E-state index contributed by atoms with van der Waals surface area (Å²) in [5.74, 6) is 0.446. The molecule has 0 spiro atoms. The van der Waals surface area contributed by atoms with Crippen LogP contribution in [0.1, 0.15) is 45.4 Å². The van der Waals surface area contributed by atoms with Gasteiger partial charge in [0.1, 0.15) is 11.5 Å². The lowest BCUT2D eigenvalue weighted by molar-refractivity contribution is -0.126. The van der Waals surface area contributed by atoms with Crippen LogP contribution < -0.4 is 9.64 Å². The number of anilines is 1. The maximum atomic E-state index is 12.2. The van der Waals surface area contributed by atoms with E-state index in [1.807, 2.05) is 18.2 Å². The lowest BCUT2D eigenvalue weighted by atomic mass is 10.1. The van der Waals surface area contributed by atoms with Gasteiger partial charge in [-0.2, -0.15) is 0 Å². The van der Waals surface area contributed by atoms with Gasteiger partial charge in [-0.1, -0.05) is 38.3 Å². The average molecular weight is 291 g/mol. The molecule has 0 radical (unpaired) electrons. The number of ether oxygens (including phenoxy) is 1. The molecule has 0 atom stereocenters. The molecule has 0 saturated heterocycles. The number of nitrogens with zero attached hydrogens (tertiary/aromatic N) is 1. The number of carbonyl (C=O) groups excluding carboxylic acids is 2. The molecule has 1 amide bonds. The summed E-state index contributed by atoms with van der Waals surface area (Å²) in [7, 11) is 3.24. The maximum absolute atomic E-state index is 12.2. The molecule has 116 valence electrons. The third-order valence-corrected chi connectivity index (χ3v) is 3.48.